The molecule has 0 spiro atoms. The molecule has 1 aromatic heterocycles. The molecule has 1 saturated heterocycles. The highest BCUT2D eigenvalue weighted by atomic mass is 16.6. The molecule has 0 aliphatic carbocycles. The van der Waals surface area contributed by atoms with Crippen molar-refractivity contribution >= 4 is 23.7 Å². The zero-order valence-corrected chi connectivity index (χ0v) is 21.8. The summed E-state index contributed by atoms with van der Waals surface area (Å²) < 4.78 is 10.5. The number of aryl methyl sites for hydroxylation is 2. The molecule has 0 bridgehead atoms. The third-order valence-electron chi connectivity index (χ3n) is 6.05. The summed E-state index contributed by atoms with van der Waals surface area (Å²) in [5.74, 6) is -0.434. The van der Waals surface area contributed by atoms with Gasteiger partial charge in [-0.3, -0.25) is 9.59 Å². The van der Waals surface area contributed by atoms with Gasteiger partial charge in [0, 0.05) is 44.4 Å². The maximum Gasteiger partial charge on any atom is 0.410 e. The Labute approximate surface area is 211 Å². The lowest BCUT2D eigenvalue weighted by Gasteiger charge is -2.38. The van der Waals surface area contributed by atoms with Gasteiger partial charge in [-0.25, -0.2) is 4.79 Å². The van der Waals surface area contributed by atoms with Crippen molar-refractivity contribution in [2.24, 2.45) is 0 Å². The molecule has 36 heavy (non-hydrogen) atoms. The van der Waals surface area contributed by atoms with Crippen molar-refractivity contribution in [2.75, 3.05) is 38.1 Å². The summed E-state index contributed by atoms with van der Waals surface area (Å²) in [6, 6.07) is 5.38. The number of hydrogen-bond donors (Lipinski definition) is 1. The molecule has 3 rings (SSSR count). The average molecular weight is 502 g/mol. The van der Waals surface area contributed by atoms with E-state index in [2.05, 4.69) is 10.1 Å². The number of amides is 2. The second kappa shape index (κ2) is 11.0. The number of carboxylic acid groups (broad SMARTS) is 1. The Bertz CT molecular complexity index is 1100. The summed E-state index contributed by atoms with van der Waals surface area (Å²) in [7, 11) is 1.72. The molecule has 196 valence electrons. The second-order valence-electron chi connectivity index (χ2n) is 10.1. The van der Waals surface area contributed by atoms with Crippen LogP contribution in [0.25, 0.3) is 11.4 Å². The highest BCUT2D eigenvalue weighted by molar-refractivity contribution is 5.85. The van der Waals surface area contributed by atoms with E-state index in [-0.39, 0.29) is 31.1 Å². The lowest BCUT2D eigenvalue weighted by molar-refractivity contribution is -0.135. The second-order valence-corrected chi connectivity index (χ2v) is 10.1. The number of nitrogens with zero attached hydrogens (tertiary/aromatic N) is 5. The van der Waals surface area contributed by atoms with E-state index < -0.39 is 11.6 Å². The molecule has 2 amide bonds. The zero-order chi connectivity index (χ0) is 26.6. The molecular weight excluding hydrogens is 466 g/mol. The summed E-state index contributed by atoms with van der Waals surface area (Å²) in [6.07, 6.45) is 0.882. The van der Waals surface area contributed by atoms with Gasteiger partial charge in [-0.05, 0) is 52.2 Å². The molecule has 0 saturated carbocycles. The van der Waals surface area contributed by atoms with Crippen molar-refractivity contribution in [3.05, 3.63) is 29.7 Å². The SMILES string of the molecule is Cc1nc(-c2ccc(C)c(N(CC(=O)O)CC(=O)N(C)C3CCN(C(=O)OC(C)(C)C)CC3)c2)no1. The number of ether oxygens (including phenoxy) is 1. The minimum Gasteiger partial charge on any atom is -0.480 e. The summed E-state index contributed by atoms with van der Waals surface area (Å²) in [6.45, 7) is 9.55. The van der Waals surface area contributed by atoms with Gasteiger partial charge in [0.2, 0.25) is 17.6 Å². The minimum absolute atomic E-state index is 0.0578. The van der Waals surface area contributed by atoms with E-state index in [4.69, 9.17) is 9.26 Å². The molecule has 2 heterocycles. The molecule has 11 nitrogen and oxygen atoms in total. The van der Waals surface area contributed by atoms with Crippen molar-refractivity contribution in [1.29, 1.82) is 0 Å². The Hall–Kier alpha value is -3.63. The molecule has 1 aromatic carbocycles. The number of rotatable bonds is 7. The molecule has 0 atom stereocenters. The van der Waals surface area contributed by atoms with E-state index >= 15 is 0 Å². The van der Waals surface area contributed by atoms with Crippen LogP contribution in [0.15, 0.2) is 22.7 Å². The first kappa shape index (κ1) is 27.0. The number of hydrogen-bond acceptors (Lipinski definition) is 8. The highest BCUT2D eigenvalue weighted by Crippen LogP contribution is 2.27. The summed E-state index contributed by atoms with van der Waals surface area (Å²) in [5, 5.41) is 13.5. The molecule has 1 aliphatic rings. The van der Waals surface area contributed by atoms with Crippen LogP contribution in [0.2, 0.25) is 0 Å². The number of aliphatic carboxylic acids is 1. The van der Waals surface area contributed by atoms with Crippen LogP contribution in [0.4, 0.5) is 10.5 Å². The molecule has 1 fully saturated rings. The number of carbonyl (C=O) groups is 3. The molecular formula is C25H35N5O6. The van der Waals surface area contributed by atoms with Crippen LogP contribution in [0.1, 0.15) is 45.1 Å². The van der Waals surface area contributed by atoms with Crippen molar-refractivity contribution < 1.29 is 28.8 Å². The maximum absolute atomic E-state index is 13.2. The molecule has 0 unspecified atom stereocenters. The number of carboxylic acids is 1. The van der Waals surface area contributed by atoms with Gasteiger partial charge < -0.3 is 29.1 Å². The number of piperidine rings is 1. The molecule has 0 radical (unpaired) electrons. The van der Waals surface area contributed by atoms with Crippen LogP contribution in [-0.4, -0.2) is 87.9 Å². The largest absolute Gasteiger partial charge is 0.480 e. The molecule has 11 heteroatoms. The van der Waals surface area contributed by atoms with Crippen molar-refractivity contribution in [3.8, 4) is 11.4 Å². The minimum atomic E-state index is -1.05. The molecule has 1 aliphatic heterocycles. The Balaban J connectivity index is 1.69. The Kier molecular flexibility index (Phi) is 8.21. The van der Waals surface area contributed by atoms with Crippen LogP contribution < -0.4 is 4.90 Å². The quantitative estimate of drug-likeness (QED) is 0.608. The summed E-state index contributed by atoms with van der Waals surface area (Å²) in [4.78, 5) is 46.3. The number of likely N-dealkylation sites (tertiary alicyclic amines) is 1. The van der Waals surface area contributed by atoms with Crippen molar-refractivity contribution in [3.63, 3.8) is 0 Å². The smallest absolute Gasteiger partial charge is 0.410 e. The third kappa shape index (κ3) is 6.96. The normalized spacial score (nSPS) is 14.4. The Morgan fingerprint density at radius 1 is 1.17 bits per heavy atom. The fourth-order valence-electron chi connectivity index (χ4n) is 4.14. The summed E-state index contributed by atoms with van der Waals surface area (Å²) >= 11 is 0. The fourth-order valence-corrected chi connectivity index (χ4v) is 4.14. The van der Waals surface area contributed by atoms with Gasteiger partial charge >= 0.3 is 12.1 Å². The maximum atomic E-state index is 13.2. The third-order valence-corrected chi connectivity index (χ3v) is 6.05. The van der Waals surface area contributed by atoms with Crippen LogP contribution >= 0.6 is 0 Å². The standard InChI is InChI=1S/C25H35N5O6/c1-16-7-8-18(23-26-17(2)36-27-23)13-20(16)30(15-22(32)33)14-21(31)28(6)19-9-11-29(12-10-19)24(34)35-25(3,4)5/h7-8,13,19H,9-12,14-15H2,1-6H3,(H,32,33). The van der Waals surface area contributed by atoms with E-state index in [1.165, 1.54) is 0 Å². The summed E-state index contributed by atoms with van der Waals surface area (Å²) in [5.41, 5.74) is 1.53. The van der Waals surface area contributed by atoms with E-state index in [0.29, 0.717) is 48.9 Å². The van der Waals surface area contributed by atoms with Crippen LogP contribution in [0, 0.1) is 13.8 Å². The number of carbonyl (C=O) groups excluding carboxylic acids is 2. The first-order valence-electron chi connectivity index (χ1n) is 12.0. The van der Waals surface area contributed by atoms with E-state index in [9.17, 15) is 19.5 Å². The number of aromatic nitrogens is 2. The van der Waals surface area contributed by atoms with E-state index in [0.717, 1.165) is 5.56 Å². The van der Waals surface area contributed by atoms with E-state index in [1.807, 2.05) is 39.8 Å². The van der Waals surface area contributed by atoms with Gasteiger partial charge in [-0.1, -0.05) is 17.3 Å². The lowest BCUT2D eigenvalue weighted by atomic mass is 10.0. The molecule has 1 N–H and O–H groups in total. The topological polar surface area (TPSA) is 129 Å². The van der Waals surface area contributed by atoms with Gasteiger partial charge in [0.15, 0.2) is 0 Å². The highest BCUT2D eigenvalue weighted by Gasteiger charge is 2.31. The van der Waals surface area contributed by atoms with Crippen molar-refractivity contribution in [2.45, 2.75) is 59.1 Å². The monoisotopic (exact) mass is 501 g/mol. The van der Waals surface area contributed by atoms with E-state index in [1.54, 1.807) is 34.7 Å². The van der Waals surface area contributed by atoms with Gasteiger partial charge in [0.1, 0.15) is 12.1 Å². The number of likely N-dealkylation sites (N-methyl/N-ethyl adjacent to an activating group) is 1. The zero-order valence-electron chi connectivity index (χ0n) is 21.8. The predicted molar refractivity (Wildman–Crippen MR) is 133 cm³/mol. The van der Waals surface area contributed by atoms with Crippen LogP contribution in [0.3, 0.4) is 0 Å². The van der Waals surface area contributed by atoms with Gasteiger partial charge in [0.05, 0.1) is 6.54 Å². The van der Waals surface area contributed by atoms with Gasteiger partial charge in [-0.15, -0.1) is 0 Å². The van der Waals surface area contributed by atoms with Crippen LogP contribution in [0.5, 0.6) is 0 Å². The first-order chi connectivity index (χ1) is 16.8. The number of anilines is 1. The first-order valence-corrected chi connectivity index (χ1v) is 12.0. The molecule has 2 aromatic rings. The lowest BCUT2D eigenvalue weighted by Crippen LogP contribution is -2.50. The Morgan fingerprint density at radius 3 is 2.39 bits per heavy atom. The number of benzene rings is 1. The average Bonchev–Trinajstić information content (AvgIpc) is 3.23. The Morgan fingerprint density at radius 2 is 1.83 bits per heavy atom. The van der Waals surface area contributed by atoms with Gasteiger partial charge in [-0.2, -0.15) is 4.98 Å². The fraction of sp³-hybridized carbons (Fsp3) is 0.560. The van der Waals surface area contributed by atoms with Gasteiger partial charge in [0.25, 0.3) is 0 Å². The van der Waals surface area contributed by atoms with Crippen molar-refractivity contribution in [1.82, 2.24) is 19.9 Å². The van der Waals surface area contributed by atoms with Crippen LogP contribution in [-0.2, 0) is 14.3 Å². The predicted octanol–water partition coefficient (Wildman–Crippen LogP) is 3.10.